The number of aryl methyl sites for hydroxylation is 1. The van der Waals surface area contributed by atoms with Crippen molar-refractivity contribution in [2.75, 3.05) is 18.4 Å². The van der Waals surface area contributed by atoms with Crippen molar-refractivity contribution >= 4 is 11.7 Å². The molecule has 5 nitrogen and oxygen atoms in total. The molecule has 1 saturated heterocycles. The van der Waals surface area contributed by atoms with Crippen molar-refractivity contribution in [3.8, 4) is 0 Å². The second-order valence-corrected chi connectivity index (χ2v) is 5.39. The summed E-state index contributed by atoms with van der Waals surface area (Å²) in [7, 11) is 0. The number of piperidine rings is 1. The third-order valence-corrected chi connectivity index (χ3v) is 4.37. The van der Waals surface area contributed by atoms with Gasteiger partial charge in [0.15, 0.2) is 0 Å². The first-order valence-corrected chi connectivity index (χ1v) is 6.78. The fraction of sp³-hybridized carbons (Fsp3) is 0.692. The van der Waals surface area contributed by atoms with Crippen LogP contribution < -0.4 is 10.6 Å². The first-order valence-electron chi connectivity index (χ1n) is 6.78. The van der Waals surface area contributed by atoms with Crippen LogP contribution in [0.5, 0.6) is 0 Å². The van der Waals surface area contributed by atoms with Crippen LogP contribution in [0.4, 0.5) is 5.82 Å². The number of anilines is 1. The fourth-order valence-corrected chi connectivity index (χ4v) is 3.10. The molecule has 2 aliphatic rings. The van der Waals surface area contributed by atoms with Gasteiger partial charge in [0, 0.05) is 18.5 Å². The number of carbonyl (C=O) groups excluding carboxylic acids is 1. The van der Waals surface area contributed by atoms with Gasteiger partial charge in [0.2, 0.25) is 5.91 Å². The number of nitrogens with one attached hydrogen (secondary N) is 2. The zero-order valence-electron chi connectivity index (χ0n) is 10.8. The van der Waals surface area contributed by atoms with Gasteiger partial charge < -0.3 is 10.6 Å². The summed E-state index contributed by atoms with van der Waals surface area (Å²) in [5, 5.41) is 10.5. The molecule has 1 aromatic rings. The maximum Gasteiger partial charge on any atom is 0.229 e. The third-order valence-electron chi connectivity index (χ3n) is 4.37. The van der Waals surface area contributed by atoms with Gasteiger partial charge in [0.25, 0.3) is 0 Å². The summed E-state index contributed by atoms with van der Waals surface area (Å²) in [5.74, 6) is 1.20. The molecule has 18 heavy (non-hydrogen) atoms. The Kier molecular flexibility index (Phi) is 2.86. The molecule has 0 aromatic carbocycles. The van der Waals surface area contributed by atoms with E-state index >= 15 is 0 Å². The lowest BCUT2D eigenvalue weighted by atomic mass is 9.92. The number of nitrogens with zero attached hydrogens (tertiary/aromatic N) is 2. The Bertz CT molecular complexity index is 448. The Morgan fingerprint density at radius 1 is 1.61 bits per heavy atom. The number of hydrogen-bond donors (Lipinski definition) is 2. The van der Waals surface area contributed by atoms with Crippen LogP contribution in [0, 0.1) is 11.3 Å². The number of amides is 1. The number of aromatic nitrogens is 2. The van der Waals surface area contributed by atoms with Crippen molar-refractivity contribution in [3.05, 3.63) is 12.3 Å². The van der Waals surface area contributed by atoms with E-state index in [1.165, 1.54) is 0 Å². The quantitative estimate of drug-likeness (QED) is 0.846. The zero-order chi connectivity index (χ0) is 12.6. The van der Waals surface area contributed by atoms with Crippen molar-refractivity contribution in [2.24, 2.45) is 11.3 Å². The molecule has 1 saturated carbocycles. The first kappa shape index (κ1) is 11.7. The smallest absolute Gasteiger partial charge is 0.229 e. The summed E-state index contributed by atoms with van der Waals surface area (Å²) in [4.78, 5) is 12.2. The molecule has 1 spiro atoms. The van der Waals surface area contributed by atoms with E-state index in [2.05, 4.69) is 15.7 Å². The van der Waals surface area contributed by atoms with E-state index in [0.29, 0.717) is 5.41 Å². The summed E-state index contributed by atoms with van der Waals surface area (Å²) in [6.07, 6.45) is 5.06. The maximum atomic E-state index is 12.2. The SMILES string of the molecule is CCn1nccc1NC(=O)C1CC12CCNCC2. The van der Waals surface area contributed by atoms with Crippen LogP contribution in [0.1, 0.15) is 26.2 Å². The average Bonchev–Trinajstić information content (AvgIpc) is 2.89. The molecule has 98 valence electrons. The van der Waals surface area contributed by atoms with Gasteiger partial charge >= 0.3 is 0 Å². The molecule has 1 aliphatic heterocycles. The maximum absolute atomic E-state index is 12.2. The van der Waals surface area contributed by atoms with Gasteiger partial charge in [0.1, 0.15) is 5.82 Å². The molecule has 1 aromatic heterocycles. The minimum atomic E-state index is 0.173. The third kappa shape index (κ3) is 1.92. The summed E-state index contributed by atoms with van der Waals surface area (Å²) in [5.41, 5.74) is 0.298. The topological polar surface area (TPSA) is 59.0 Å². The summed E-state index contributed by atoms with van der Waals surface area (Å²) < 4.78 is 1.81. The highest BCUT2D eigenvalue weighted by Crippen LogP contribution is 2.58. The predicted octanol–water partition coefficient (Wildman–Crippen LogP) is 1.23. The number of carbonyl (C=O) groups is 1. The van der Waals surface area contributed by atoms with Gasteiger partial charge in [-0.05, 0) is 44.7 Å². The normalized spacial score (nSPS) is 25.1. The Balaban J connectivity index is 1.63. The number of hydrogen-bond acceptors (Lipinski definition) is 3. The van der Waals surface area contributed by atoms with Gasteiger partial charge in [-0.2, -0.15) is 5.10 Å². The van der Waals surface area contributed by atoms with Crippen LogP contribution in [0.2, 0.25) is 0 Å². The molecule has 1 unspecified atom stereocenters. The highest BCUT2D eigenvalue weighted by molar-refractivity contribution is 5.94. The van der Waals surface area contributed by atoms with E-state index in [4.69, 9.17) is 0 Å². The molecule has 0 radical (unpaired) electrons. The van der Waals surface area contributed by atoms with E-state index in [-0.39, 0.29) is 11.8 Å². The first-order chi connectivity index (χ1) is 8.75. The lowest BCUT2D eigenvalue weighted by Gasteiger charge is -2.23. The lowest BCUT2D eigenvalue weighted by molar-refractivity contribution is -0.118. The Morgan fingerprint density at radius 3 is 3.11 bits per heavy atom. The van der Waals surface area contributed by atoms with Crippen molar-refractivity contribution < 1.29 is 4.79 Å². The molecule has 2 fully saturated rings. The van der Waals surface area contributed by atoms with E-state index in [1.807, 2.05) is 17.7 Å². The highest BCUT2D eigenvalue weighted by atomic mass is 16.2. The van der Waals surface area contributed by atoms with Crippen LogP contribution in [-0.4, -0.2) is 28.8 Å². The molecule has 1 amide bonds. The van der Waals surface area contributed by atoms with E-state index in [0.717, 1.165) is 44.7 Å². The standard InChI is InChI=1S/C13H20N4O/c1-2-17-11(3-6-15-17)16-12(18)10-9-13(10)4-7-14-8-5-13/h3,6,10,14H,2,4-5,7-9H2,1H3,(H,16,18). The van der Waals surface area contributed by atoms with E-state index < -0.39 is 0 Å². The van der Waals surface area contributed by atoms with E-state index in [9.17, 15) is 4.79 Å². The summed E-state index contributed by atoms with van der Waals surface area (Å²) in [6.45, 7) is 4.91. The van der Waals surface area contributed by atoms with Crippen LogP contribution in [-0.2, 0) is 11.3 Å². The monoisotopic (exact) mass is 248 g/mol. The molecule has 3 rings (SSSR count). The van der Waals surface area contributed by atoms with Crippen molar-refractivity contribution in [1.82, 2.24) is 15.1 Å². The molecule has 2 N–H and O–H groups in total. The van der Waals surface area contributed by atoms with Crippen LogP contribution in [0.15, 0.2) is 12.3 Å². The second kappa shape index (κ2) is 4.39. The summed E-state index contributed by atoms with van der Waals surface area (Å²) >= 11 is 0. The van der Waals surface area contributed by atoms with Gasteiger partial charge in [-0.15, -0.1) is 0 Å². The minimum absolute atomic E-state index is 0.173. The van der Waals surface area contributed by atoms with Crippen molar-refractivity contribution in [2.45, 2.75) is 32.7 Å². The molecule has 1 atom stereocenters. The lowest BCUT2D eigenvalue weighted by Crippen LogP contribution is -2.31. The average molecular weight is 248 g/mol. The van der Waals surface area contributed by atoms with Crippen LogP contribution >= 0.6 is 0 Å². The number of rotatable bonds is 3. The van der Waals surface area contributed by atoms with Gasteiger partial charge in [-0.3, -0.25) is 4.79 Å². The summed E-state index contributed by atoms with van der Waals surface area (Å²) in [6, 6.07) is 1.86. The molecule has 5 heteroatoms. The Hall–Kier alpha value is -1.36. The van der Waals surface area contributed by atoms with E-state index in [1.54, 1.807) is 6.20 Å². The Labute approximate surface area is 107 Å². The Morgan fingerprint density at radius 2 is 2.39 bits per heavy atom. The molecule has 2 heterocycles. The largest absolute Gasteiger partial charge is 0.317 e. The molecule has 0 bridgehead atoms. The van der Waals surface area contributed by atoms with Crippen LogP contribution in [0.25, 0.3) is 0 Å². The fourth-order valence-electron chi connectivity index (χ4n) is 3.10. The van der Waals surface area contributed by atoms with Gasteiger partial charge in [-0.1, -0.05) is 0 Å². The molecule has 1 aliphatic carbocycles. The van der Waals surface area contributed by atoms with Crippen LogP contribution in [0.3, 0.4) is 0 Å². The van der Waals surface area contributed by atoms with Crippen molar-refractivity contribution in [3.63, 3.8) is 0 Å². The zero-order valence-corrected chi connectivity index (χ0v) is 10.8. The highest BCUT2D eigenvalue weighted by Gasteiger charge is 2.57. The van der Waals surface area contributed by atoms with Gasteiger partial charge in [-0.25, -0.2) is 4.68 Å². The van der Waals surface area contributed by atoms with Crippen molar-refractivity contribution in [1.29, 1.82) is 0 Å². The minimum Gasteiger partial charge on any atom is -0.317 e. The predicted molar refractivity (Wildman–Crippen MR) is 69.2 cm³/mol. The molecular weight excluding hydrogens is 228 g/mol. The van der Waals surface area contributed by atoms with Gasteiger partial charge in [0.05, 0.1) is 6.20 Å². The second-order valence-electron chi connectivity index (χ2n) is 5.39. The molecular formula is C13H20N4O.